The van der Waals surface area contributed by atoms with Crippen LogP contribution in [0.2, 0.25) is 0 Å². The first-order valence-corrected chi connectivity index (χ1v) is 7.62. The zero-order valence-corrected chi connectivity index (χ0v) is 12.7. The Labute approximate surface area is 116 Å². The first kappa shape index (κ1) is 15.0. The molecule has 0 radical (unpaired) electrons. The van der Waals surface area contributed by atoms with Gasteiger partial charge in [-0.2, -0.15) is 11.8 Å². The number of benzene rings is 1. The van der Waals surface area contributed by atoms with Crippen LogP contribution in [0.5, 0.6) is 0 Å². The monoisotopic (exact) mass is 317 g/mol. The van der Waals surface area contributed by atoms with E-state index < -0.39 is 0 Å². The SMILES string of the molecule is CC(CO)CSC(c1ccc(Br)cc1)C(C)N. The number of thioether (sulfide) groups is 1. The lowest BCUT2D eigenvalue weighted by atomic mass is 10.1. The molecule has 2 nitrogen and oxygen atoms in total. The van der Waals surface area contributed by atoms with Crippen LogP contribution in [0.1, 0.15) is 24.7 Å². The number of aliphatic hydroxyl groups excluding tert-OH is 1. The second-order valence-electron chi connectivity index (χ2n) is 4.45. The van der Waals surface area contributed by atoms with Crippen LogP contribution >= 0.6 is 27.7 Å². The fourth-order valence-corrected chi connectivity index (χ4v) is 3.08. The van der Waals surface area contributed by atoms with Crippen LogP contribution in [0.15, 0.2) is 28.7 Å². The van der Waals surface area contributed by atoms with Crippen LogP contribution in [0.25, 0.3) is 0 Å². The summed E-state index contributed by atoms with van der Waals surface area (Å²) in [5.74, 6) is 1.25. The summed E-state index contributed by atoms with van der Waals surface area (Å²) >= 11 is 5.25. The van der Waals surface area contributed by atoms with Gasteiger partial charge in [-0.3, -0.25) is 0 Å². The molecule has 3 N–H and O–H groups in total. The van der Waals surface area contributed by atoms with Crippen LogP contribution in [0.3, 0.4) is 0 Å². The molecule has 3 unspecified atom stereocenters. The van der Waals surface area contributed by atoms with Crippen molar-refractivity contribution in [1.82, 2.24) is 0 Å². The molecule has 1 aromatic rings. The van der Waals surface area contributed by atoms with Gasteiger partial charge in [0.05, 0.1) is 0 Å². The fourth-order valence-electron chi connectivity index (χ4n) is 1.52. The van der Waals surface area contributed by atoms with E-state index in [-0.39, 0.29) is 17.9 Å². The second kappa shape index (κ2) is 7.41. The Morgan fingerprint density at radius 3 is 2.35 bits per heavy atom. The van der Waals surface area contributed by atoms with Crippen molar-refractivity contribution in [3.05, 3.63) is 34.3 Å². The summed E-state index contributed by atoms with van der Waals surface area (Å²) < 4.78 is 1.08. The molecule has 0 aliphatic heterocycles. The molecule has 4 heteroatoms. The number of rotatable bonds is 6. The van der Waals surface area contributed by atoms with Crippen molar-refractivity contribution in [3.8, 4) is 0 Å². The average molecular weight is 318 g/mol. The number of hydrogen-bond donors (Lipinski definition) is 2. The van der Waals surface area contributed by atoms with Crippen molar-refractivity contribution in [2.24, 2.45) is 11.7 Å². The minimum absolute atomic E-state index is 0.104. The van der Waals surface area contributed by atoms with Crippen LogP contribution in [0.4, 0.5) is 0 Å². The largest absolute Gasteiger partial charge is 0.396 e. The maximum atomic E-state index is 9.04. The van der Waals surface area contributed by atoms with Gasteiger partial charge in [-0.05, 0) is 36.3 Å². The van der Waals surface area contributed by atoms with Gasteiger partial charge in [0, 0.05) is 22.4 Å². The fraction of sp³-hybridized carbons (Fsp3) is 0.538. The molecule has 17 heavy (non-hydrogen) atoms. The molecule has 96 valence electrons. The van der Waals surface area contributed by atoms with E-state index in [0.717, 1.165) is 10.2 Å². The highest BCUT2D eigenvalue weighted by atomic mass is 79.9. The van der Waals surface area contributed by atoms with Crippen molar-refractivity contribution in [3.63, 3.8) is 0 Å². The Morgan fingerprint density at radius 2 is 1.88 bits per heavy atom. The lowest BCUT2D eigenvalue weighted by Gasteiger charge is -2.22. The van der Waals surface area contributed by atoms with Crippen LogP contribution in [0, 0.1) is 5.92 Å². The molecule has 1 rings (SSSR count). The molecule has 0 bridgehead atoms. The van der Waals surface area contributed by atoms with Gasteiger partial charge in [-0.1, -0.05) is 35.0 Å². The predicted octanol–water partition coefficient (Wildman–Crippen LogP) is 3.20. The third-order valence-corrected chi connectivity index (χ3v) is 4.90. The van der Waals surface area contributed by atoms with Crippen LogP contribution in [-0.4, -0.2) is 23.5 Å². The highest BCUT2D eigenvalue weighted by molar-refractivity contribution is 9.10. The van der Waals surface area contributed by atoms with E-state index in [1.54, 1.807) is 0 Å². The molecule has 0 saturated carbocycles. The van der Waals surface area contributed by atoms with Crippen molar-refractivity contribution in [1.29, 1.82) is 0 Å². The maximum absolute atomic E-state index is 9.04. The lowest BCUT2D eigenvalue weighted by molar-refractivity contribution is 0.250. The molecule has 3 atom stereocenters. The molecule has 0 aromatic heterocycles. The van der Waals surface area contributed by atoms with Gasteiger partial charge < -0.3 is 10.8 Å². The number of halogens is 1. The summed E-state index contributed by atoms with van der Waals surface area (Å²) in [5.41, 5.74) is 7.29. The van der Waals surface area contributed by atoms with Crippen molar-refractivity contribution < 1.29 is 5.11 Å². The Kier molecular flexibility index (Phi) is 6.55. The molecular weight excluding hydrogens is 298 g/mol. The Hall–Kier alpha value is -0.0300. The van der Waals surface area contributed by atoms with E-state index in [9.17, 15) is 0 Å². The van der Waals surface area contributed by atoms with E-state index in [0.29, 0.717) is 5.92 Å². The van der Waals surface area contributed by atoms with Gasteiger partial charge >= 0.3 is 0 Å². The van der Waals surface area contributed by atoms with Crippen molar-refractivity contribution in [2.45, 2.75) is 25.1 Å². The minimum Gasteiger partial charge on any atom is -0.396 e. The minimum atomic E-state index is 0.104. The zero-order chi connectivity index (χ0) is 12.8. The zero-order valence-electron chi connectivity index (χ0n) is 10.3. The highest BCUT2D eigenvalue weighted by Crippen LogP contribution is 2.33. The normalized spacial score (nSPS) is 16.5. The molecule has 0 saturated heterocycles. The summed E-state index contributed by atoms with van der Waals surface area (Å²) in [6, 6.07) is 8.40. The molecular formula is C13H20BrNOS. The molecule has 1 aromatic carbocycles. The van der Waals surface area contributed by atoms with E-state index in [1.165, 1.54) is 5.56 Å². The predicted molar refractivity (Wildman–Crippen MR) is 79.2 cm³/mol. The van der Waals surface area contributed by atoms with Gasteiger partial charge in [0.15, 0.2) is 0 Å². The number of hydrogen-bond acceptors (Lipinski definition) is 3. The van der Waals surface area contributed by atoms with E-state index in [1.807, 2.05) is 37.7 Å². The first-order chi connectivity index (χ1) is 8.04. The topological polar surface area (TPSA) is 46.2 Å². The Balaban J connectivity index is 2.69. The number of aliphatic hydroxyl groups is 1. The van der Waals surface area contributed by atoms with E-state index in [2.05, 4.69) is 28.1 Å². The molecule has 0 amide bonds. The summed E-state index contributed by atoms with van der Waals surface area (Å²) in [7, 11) is 0. The summed E-state index contributed by atoms with van der Waals surface area (Å²) in [6.07, 6.45) is 0. The first-order valence-electron chi connectivity index (χ1n) is 5.78. The maximum Gasteiger partial charge on any atom is 0.0464 e. The summed E-state index contributed by atoms with van der Waals surface area (Å²) in [5, 5.41) is 9.33. The molecule has 0 fully saturated rings. The van der Waals surface area contributed by atoms with Gasteiger partial charge in [-0.25, -0.2) is 0 Å². The van der Waals surface area contributed by atoms with Gasteiger partial charge in [0.1, 0.15) is 0 Å². The van der Waals surface area contributed by atoms with Crippen molar-refractivity contribution in [2.75, 3.05) is 12.4 Å². The average Bonchev–Trinajstić information content (AvgIpc) is 2.31. The molecule has 0 spiro atoms. The number of nitrogens with two attached hydrogens (primary N) is 1. The highest BCUT2D eigenvalue weighted by Gasteiger charge is 2.17. The van der Waals surface area contributed by atoms with Gasteiger partial charge in [0.25, 0.3) is 0 Å². The smallest absolute Gasteiger partial charge is 0.0464 e. The molecule has 0 heterocycles. The quantitative estimate of drug-likeness (QED) is 0.847. The third-order valence-electron chi connectivity index (χ3n) is 2.55. The third kappa shape index (κ3) is 5.00. The standard InChI is InChI=1S/C13H20BrNOS/c1-9(7-16)8-17-13(10(2)15)11-3-5-12(14)6-4-11/h3-6,9-10,13,16H,7-8,15H2,1-2H3. The van der Waals surface area contributed by atoms with Crippen molar-refractivity contribution >= 4 is 27.7 Å². The second-order valence-corrected chi connectivity index (χ2v) is 6.54. The van der Waals surface area contributed by atoms with E-state index in [4.69, 9.17) is 10.8 Å². The Morgan fingerprint density at radius 1 is 1.29 bits per heavy atom. The van der Waals surface area contributed by atoms with Gasteiger partial charge in [-0.15, -0.1) is 0 Å². The molecule has 0 aliphatic carbocycles. The van der Waals surface area contributed by atoms with E-state index >= 15 is 0 Å². The molecule has 0 aliphatic rings. The van der Waals surface area contributed by atoms with Crippen LogP contribution in [-0.2, 0) is 0 Å². The van der Waals surface area contributed by atoms with Gasteiger partial charge in [0.2, 0.25) is 0 Å². The lowest BCUT2D eigenvalue weighted by Crippen LogP contribution is -2.23. The van der Waals surface area contributed by atoms with Crippen LogP contribution < -0.4 is 5.73 Å². The summed E-state index contributed by atoms with van der Waals surface area (Å²) in [4.78, 5) is 0. The Bertz CT molecular complexity index is 329. The summed E-state index contributed by atoms with van der Waals surface area (Å²) in [6.45, 7) is 4.31.